The molecule has 0 bridgehead atoms. The molecule has 1 aromatic carbocycles. The lowest BCUT2D eigenvalue weighted by Crippen LogP contribution is -2.51. The number of carboxylic acids is 1. The average Bonchev–Trinajstić information content (AvgIpc) is 2.40. The third-order valence-electron chi connectivity index (χ3n) is 4.99. The van der Waals surface area contributed by atoms with Crippen LogP contribution < -0.4 is 5.73 Å². The fourth-order valence-corrected chi connectivity index (χ4v) is 3.37. The highest BCUT2D eigenvalue weighted by atomic mass is 16.4. The van der Waals surface area contributed by atoms with E-state index in [2.05, 4.69) is 0 Å². The molecule has 0 radical (unpaired) electrons. The zero-order valence-corrected chi connectivity index (χ0v) is 11.7. The van der Waals surface area contributed by atoms with Crippen LogP contribution in [0.5, 0.6) is 0 Å². The molecule has 3 heteroatoms. The Labute approximate surface area is 114 Å². The van der Waals surface area contributed by atoms with Gasteiger partial charge in [-0.25, -0.2) is 0 Å². The van der Waals surface area contributed by atoms with Crippen molar-refractivity contribution in [2.45, 2.75) is 51.0 Å². The summed E-state index contributed by atoms with van der Waals surface area (Å²) in [4.78, 5) is 12.0. The monoisotopic (exact) mass is 261 g/mol. The lowest BCUT2D eigenvalue weighted by molar-refractivity contribution is -0.156. The maximum Gasteiger partial charge on any atom is 0.310 e. The van der Waals surface area contributed by atoms with Crippen LogP contribution in [0, 0.1) is 5.41 Å². The van der Waals surface area contributed by atoms with Crippen molar-refractivity contribution in [1.29, 1.82) is 0 Å². The Bertz CT molecular complexity index is 445. The van der Waals surface area contributed by atoms with E-state index >= 15 is 0 Å². The van der Waals surface area contributed by atoms with Crippen molar-refractivity contribution in [2.24, 2.45) is 11.1 Å². The highest BCUT2D eigenvalue weighted by Gasteiger charge is 2.53. The summed E-state index contributed by atoms with van der Waals surface area (Å²) in [6.07, 6.45) is 2.90. The summed E-state index contributed by atoms with van der Waals surface area (Å²) in [6, 6.07) is 10.1. The second-order valence-corrected chi connectivity index (χ2v) is 6.22. The highest BCUT2D eigenvalue weighted by Crippen LogP contribution is 2.51. The second-order valence-electron chi connectivity index (χ2n) is 6.22. The van der Waals surface area contributed by atoms with E-state index in [0.29, 0.717) is 12.8 Å². The first kappa shape index (κ1) is 14.1. The summed E-state index contributed by atoms with van der Waals surface area (Å²) in [6.45, 7) is 4.10. The number of carbonyl (C=O) groups is 1. The molecule has 3 nitrogen and oxygen atoms in total. The van der Waals surface area contributed by atoms with Crippen molar-refractivity contribution in [3.63, 3.8) is 0 Å². The smallest absolute Gasteiger partial charge is 0.310 e. The fourth-order valence-electron chi connectivity index (χ4n) is 3.37. The molecular weight excluding hydrogens is 238 g/mol. The summed E-state index contributed by atoms with van der Waals surface area (Å²) in [7, 11) is 0. The number of hydrogen-bond acceptors (Lipinski definition) is 2. The summed E-state index contributed by atoms with van der Waals surface area (Å²) < 4.78 is 0. The zero-order valence-electron chi connectivity index (χ0n) is 11.7. The van der Waals surface area contributed by atoms with Crippen LogP contribution in [-0.2, 0) is 10.2 Å². The van der Waals surface area contributed by atoms with Crippen molar-refractivity contribution in [3.05, 3.63) is 35.9 Å². The predicted octanol–water partition coefficient (Wildman–Crippen LogP) is 2.94. The standard InChI is InChI=1S/C16H23NO2/c1-15(2,12-6-4-3-5-7-12)16(14(18)19)10-8-13(17)9-11-16/h3-7,13H,8-11,17H2,1-2H3,(H,18,19). The molecule has 19 heavy (non-hydrogen) atoms. The van der Waals surface area contributed by atoms with Gasteiger partial charge in [0.2, 0.25) is 0 Å². The van der Waals surface area contributed by atoms with Gasteiger partial charge in [-0.05, 0) is 31.2 Å². The number of nitrogens with two attached hydrogens (primary N) is 1. The summed E-state index contributed by atoms with van der Waals surface area (Å²) in [5.41, 5.74) is 5.94. The normalized spacial score (nSPS) is 28.1. The molecule has 0 aliphatic heterocycles. The second kappa shape index (κ2) is 4.97. The molecule has 0 heterocycles. The third kappa shape index (κ3) is 2.27. The van der Waals surface area contributed by atoms with Gasteiger partial charge >= 0.3 is 5.97 Å². The topological polar surface area (TPSA) is 63.3 Å². The van der Waals surface area contributed by atoms with Gasteiger partial charge in [-0.3, -0.25) is 4.79 Å². The Morgan fingerprint density at radius 3 is 2.26 bits per heavy atom. The molecule has 0 saturated heterocycles. The molecule has 1 aliphatic rings. The lowest BCUT2D eigenvalue weighted by atomic mass is 9.55. The molecule has 0 amide bonds. The van der Waals surface area contributed by atoms with E-state index in [1.165, 1.54) is 0 Å². The SMILES string of the molecule is CC(C)(c1ccccc1)C1(C(=O)O)CCC(N)CC1. The maximum atomic E-state index is 12.0. The van der Waals surface area contributed by atoms with Crippen LogP contribution >= 0.6 is 0 Å². The van der Waals surface area contributed by atoms with Gasteiger partial charge in [0.05, 0.1) is 5.41 Å². The van der Waals surface area contributed by atoms with Gasteiger partial charge in [-0.15, -0.1) is 0 Å². The molecular formula is C16H23NO2. The molecule has 1 aliphatic carbocycles. The minimum atomic E-state index is -0.704. The summed E-state index contributed by atoms with van der Waals surface area (Å²) in [5, 5.41) is 9.83. The van der Waals surface area contributed by atoms with E-state index < -0.39 is 11.4 Å². The van der Waals surface area contributed by atoms with Gasteiger partial charge in [0.25, 0.3) is 0 Å². The highest BCUT2D eigenvalue weighted by molar-refractivity contribution is 5.77. The van der Waals surface area contributed by atoms with Crippen LogP contribution in [0.4, 0.5) is 0 Å². The Hall–Kier alpha value is -1.35. The van der Waals surface area contributed by atoms with Crippen LogP contribution in [0.15, 0.2) is 30.3 Å². The molecule has 0 aromatic heterocycles. The first-order valence-electron chi connectivity index (χ1n) is 6.95. The first-order valence-corrected chi connectivity index (χ1v) is 6.95. The van der Waals surface area contributed by atoms with E-state index in [1.54, 1.807) is 0 Å². The van der Waals surface area contributed by atoms with Crippen LogP contribution in [0.25, 0.3) is 0 Å². The van der Waals surface area contributed by atoms with Crippen LogP contribution in [0.1, 0.15) is 45.1 Å². The quantitative estimate of drug-likeness (QED) is 0.879. The van der Waals surface area contributed by atoms with E-state index in [-0.39, 0.29) is 11.5 Å². The summed E-state index contributed by atoms with van der Waals surface area (Å²) >= 11 is 0. The largest absolute Gasteiger partial charge is 0.481 e. The number of carboxylic acid groups (broad SMARTS) is 1. The van der Waals surface area contributed by atoms with Crippen LogP contribution in [0.2, 0.25) is 0 Å². The van der Waals surface area contributed by atoms with E-state index in [9.17, 15) is 9.90 Å². The average molecular weight is 261 g/mol. The van der Waals surface area contributed by atoms with Crippen molar-refractivity contribution < 1.29 is 9.90 Å². The van der Waals surface area contributed by atoms with E-state index in [0.717, 1.165) is 18.4 Å². The van der Waals surface area contributed by atoms with Gasteiger partial charge in [0.15, 0.2) is 0 Å². The minimum absolute atomic E-state index is 0.152. The van der Waals surface area contributed by atoms with Gasteiger partial charge in [-0.2, -0.15) is 0 Å². The fraction of sp³-hybridized carbons (Fsp3) is 0.562. The van der Waals surface area contributed by atoms with Gasteiger partial charge in [-0.1, -0.05) is 44.2 Å². The number of aliphatic carboxylic acids is 1. The Morgan fingerprint density at radius 2 is 1.79 bits per heavy atom. The van der Waals surface area contributed by atoms with E-state index in [4.69, 9.17) is 5.73 Å². The van der Waals surface area contributed by atoms with Gasteiger partial charge in [0, 0.05) is 11.5 Å². The number of hydrogen-bond donors (Lipinski definition) is 2. The first-order chi connectivity index (χ1) is 8.90. The maximum absolute atomic E-state index is 12.0. The third-order valence-corrected chi connectivity index (χ3v) is 4.99. The minimum Gasteiger partial charge on any atom is -0.481 e. The van der Waals surface area contributed by atoms with Crippen molar-refractivity contribution in [1.82, 2.24) is 0 Å². The number of rotatable bonds is 3. The molecule has 1 saturated carbocycles. The Kier molecular flexibility index (Phi) is 3.68. The summed E-state index contributed by atoms with van der Waals surface area (Å²) in [5.74, 6) is -0.687. The number of benzene rings is 1. The Balaban J connectivity index is 2.42. The van der Waals surface area contributed by atoms with E-state index in [1.807, 2.05) is 44.2 Å². The zero-order chi connectivity index (χ0) is 14.1. The predicted molar refractivity (Wildman–Crippen MR) is 76.0 cm³/mol. The lowest BCUT2D eigenvalue weighted by Gasteiger charge is -2.47. The molecule has 2 rings (SSSR count). The Morgan fingerprint density at radius 1 is 1.26 bits per heavy atom. The molecule has 0 spiro atoms. The van der Waals surface area contributed by atoms with Gasteiger partial charge in [0.1, 0.15) is 0 Å². The molecule has 0 atom stereocenters. The van der Waals surface area contributed by atoms with Crippen LogP contribution in [-0.4, -0.2) is 17.1 Å². The van der Waals surface area contributed by atoms with Crippen molar-refractivity contribution >= 4 is 5.97 Å². The molecule has 3 N–H and O–H groups in total. The van der Waals surface area contributed by atoms with Gasteiger partial charge < -0.3 is 10.8 Å². The molecule has 1 aromatic rings. The van der Waals surface area contributed by atoms with Crippen LogP contribution in [0.3, 0.4) is 0 Å². The van der Waals surface area contributed by atoms with Crippen molar-refractivity contribution in [2.75, 3.05) is 0 Å². The molecule has 0 unspecified atom stereocenters. The van der Waals surface area contributed by atoms with Crippen molar-refractivity contribution in [3.8, 4) is 0 Å². The molecule has 1 fully saturated rings. The molecule has 104 valence electrons.